The maximum atomic E-state index is 11.5. The first kappa shape index (κ1) is 13.7. The second kappa shape index (κ2) is 7.05. The molecule has 15 heavy (non-hydrogen) atoms. The highest BCUT2D eigenvalue weighted by molar-refractivity contribution is 5.82. The Balaban J connectivity index is 4.24. The Morgan fingerprint density at radius 2 is 2.00 bits per heavy atom. The number of hydrogen-bond donors (Lipinski definition) is 3. The molecule has 0 radical (unpaired) electrons. The van der Waals surface area contributed by atoms with E-state index in [2.05, 4.69) is 5.32 Å². The number of nitrogens with zero attached hydrogens (tertiary/aromatic N) is 1. The molecule has 0 saturated carbocycles. The summed E-state index contributed by atoms with van der Waals surface area (Å²) < 4.78 is 0. The van der Waals surface area contributed by atoms with Gasteiger partial charge in [0.2, 0.25) is 0 Å². The molecule has 0 aromatic heterocycles. The average Bonchev–Trinajstić information content (AvgIpc) is 2.21. The largest absolute Gasteiger partial charge is 0.480 e. The maximum absolute atomic E-state index is 11.5. The Morgan fingerprint density at radius 3 is 2.33 bits per heavy atom. The molecule has 0 rings (SSSR count). The number of aliphatic hydroxyl groups is 1. The van der Waals surface area contributed by atoms with E-state index in [0.29, 0.717) is 13.0 Å². The third kappa shape index (κ3) is 4.64. The minimum atomic E-state index is -1.05. The van der Waals surface area contributed by atoms with E-state index in [4.69, 9.17) is 10.2 Å². The summed E-state index contributed by atoms with van der Waals surface area (Å²) in [6.07, 6.45) is 0.331. The molecule has 0 unspecified atom stereocenters. The fourth-order valence-corrected chi connectivity index (χ4v) is 1.10. The van der Waals surface area contributed by atoms with Crippen LogP contribution in [-0.2, 0) is 4.79 Å². The van der Waals surface area contributed by atoms with Crippen LogP contribution < -0.4 is 5.32 Å². The van der Waals surface area contributed by atoms with Crippen molar-refractivity contribution in [3.05, 3.63) is 0 Å². The molecule has 0 spiro atoms. The van der Waals surface area contributed by atoms with Crippen molar-refractivity contribution in [3.8, 4) is 0 Å². The third-order valence-corrected chi connectivity index (χ3v) is 2.04. The molecule has 2 amide bonds. The summed E-state index contributed by atoms with van der Waals surface area (Å²) in [6, 6.07) is -1.33. The van der Waals surface area contributed by atoms with E-state index in [1.807, 2.05) is 0 Å². The number of carbonyl (C=O) groups excluding carboxylic acids is 1. The molecule has 0 saturated heterocycles. The van der Waals surface area contributed by atoms with Gasteiger partial charge >= 0.3 is 12.0 Å². The predicted octanol–water partition coefficient (Wildman–Crippen LogP) is -0.127. The number of carbonyl (C=O) groups is 2. The number of aliphatic hydroxyl groups excluding tert-OH is 1. The SMILES string of the molecule is CC[C@H](NC(=O)N(CC)CCO)C(=O)O. The monoisotopic (exact) mass is 218 g/mol. The van der Waals surface area contributed by atoms with Crippen molar-refractivity contribution in [1.29, 1.82) is 0 Å². The lowest BCUT2D eigenvalue weighted by Gasteiger charge is -2.22. The number of hydrogen-bond acceptors (Lipinski definition) is 3. The molecule has 0 bridgehead atoms. The summed E-state index contributed by atoms with van der Waals surface area (Å²) in [5, 5.41) is 19.8. The van der Waals surface area contributed by atoms with Crippen LogP contribution in [0, 0.1) is 0 Å². The highest BCUT2D eigenvalue weighted by atomic mass is 16.4. The van der Waals surface area contributed by atoms with Crippen molar-refractivity contribution in [2.75, 3.05) is 19.7 Å². The number of aliphatic carboxylic acids is 1. The molecule has 0 heterocycles. The van der Waals surface area contributed by atoms with E-state index in [0.717, 1.165) is 0 Å². The molecule has 0 aliphatic carbocycles. The number of carboxylic acid groups (broad SMARTS) is 1. The van der Waals surface area contributed by atoms with Crippen molar-refractivity contribution in [2.24, 2.45) is 0 Å². The molecule has 0 aromatic rings. The molecule has 0 aliphatic heterocycles. The van der Waals surface area contributed by atoms with Gasteiger partial charge in [0.05, 0.1) is 6.61 Å². The van der Waals surface area contributed by atoms with Crippen molar-refractivity contribution in [1.82, 2.24) is 10.2 Å². The Kier molecular flexibility index (Phi) is 6.44. The van der Waals surface area contributed by atoms with E-state index in [9.17, 15) is 9.59 Å². The van der Waals surface area contributed by atoms with E-state index < -0.39 is 18.0 Å². The first-order valence-corrected chi connectivity index (χ1v) is 4.95. The number of nitrogens with one attached hydrogen (secondary N) is 1. The summed E-state index contributed by atoms with van der Waals surface area (Å²) in [6.45, 7) is 3.95. The lowest BCUT2D eigenvalue weighted by Crippen LogP contribution is -2.48. The minimum Gasteiger partial charge on any atom is -0.480 e. The van der Waals surface area contributed by atoms with Crippen LogP contribution in [0.15, 0.2) is 0 Å². The van der Waals surface area contributed by atoms with Crippen LogP contribution in [0.5, 0.6) is 0 Å². The zero-order valence-electron chi connectivity index (χ0n) is 9.06. The molecule has 0 aliphatic rings. The molecule has 0 fully saturated rings. The van der Waals surface area contributed by atoms with Crippen LogP contribution in [0.1, 0.15) is 20.3 Å². The fraction of sp³-hybridized carbons (Fsp3) is 0.778. The van der Waals surface area contributed by atoms with Gasteiger partial charge in [-0.1, -0.05) is 6.92 Å². The van der Waals surface area contributed by atoms with Crippen molar-refractivity contribution >= 4 is 12.0 Å². The van der Waals surface area contributed by atoms with Gasteiger partial charge in [-0.3, -0.25) is 0 Å². The summed E-state index contributed by atoms with van der Waals surface area (Å²) in [7, 11) is 0. The van der Waals surface area contributed by atoms with Gasteiger partial charge in [-0.2, -0.15) is 0 Å². The summed E-state index contributed by atoms with van der Waals surface area (Å²) in [5.41, 5.74) is 0. The molecular weight excluding hydrogens is 200 g/mol. The maximum Gasteiger partial charge on any atom is 0.326 e. The second-order valence-corrected chi connectivity index (χ2v) is 3.05. The van der Waals surface area contributed by atoms with Gasteiger partial charge in [0.25, 0.3) is 0 Å². The standard InChI is InChI=1S/C9H18N2O4/c1-3-7(8(13)14)10-9(15)11(4-2)5-6-12/h7,12H,3-6H2,1-2H3,(H,10,15)(H,13,14)/t7-/m0/s1. The molecule has 3 N–H and O–H groups in total. The van der Waals surface area contributed by atoms with E-state index in [1.165, 1.54) is 4.90 Å². The molecular formula is C9H18N2O4. The highest BCUT2D eigenvalue weighted by Gasteiger charge is 2.20. The lowest BCUT2D eigenvalue weighted by atomic mass is 10.2. The number of urea groups is 1. The summed E-state index contributed by atoms with van der Waals surface area (Å²) in [4.78, 5) is 23.5. The van der Waals surface area contributed by atoms with Crippen LogP contribution in [0.4, 0.5) is 4.79 Å². The molecule has 0 aromatic carbocycles. The number of rotatable bonds is 6. The average molecular weight is 218 g/mol. The Bertz CT molecular complexity index is 220. The smallest absolute Gasteiger partial charge is 0.326 e. The number of carboxylic acids is 1. The van der Waals surface area contributed by atoms with Gasteiger partial charge < -0.3 is 20.4 Å². The Morgan fingerprint density at radius 1 is 1.40 bits per heavy atom. The van der Waals surface area contributed by atoms with Crippen LogP contribution in [0.25, 0.3) is 0 Å². The molecule has 1 atom stereocenters. The van der Waals surface area contributed by atoms with Crippen molar-refractivity contribution in [3.63, 3.8) is 0 Å². The van der Waals surface area contributed by atoms with Gasteiger partial charge in [0, 0.05) is 13.1 Å². The first-order chi connectivity index (χ1) is 7.06. The van der Waals surface area contributed by atoms with Crippen LogP contribution in [-0.4, -0.2) is 52.9 Å². The predicted molar refractivity (Wildman–Crippen MR) is 54.6 cm³/mol. The molecule has 6 heteroatoms. The molecule has 6 nitrogen and oxygen atoms in total. The van der Waals surface area contributed by atoms with Crippen molar-refractivity contribution < 1.29 is 19.8 Å². The number of likely N-dealkylation sites (N-methyl/N-ethyl adjacent to an activating group) is 1. The van der Waals surface area contributed by atoms with Gasteiger partial charge in [-0.05, 0) is 13.3 Å². The van der Waals surface area contributed by atoms with E-state index >= 15 is 0 Å². The fourth-order valence-electron chi connectivity index (χ4n) is 1.10. The van der Waals surface area contributed by atoms with Crippen LogP contribution in [0.2, 0.25) is 0 Å². The second-order valence-electron chi connectivity index (χ2n) is 3.05. The minimum absolute atomic E-state index is 0.134. The zero-order chi connectivity index (χ0) is 11.8. The van der Waals surface area contributed by atoms with Gasteiger partial charge in [-0.25, -0.2) is 9.59 Å². The van der Waals surface area contributed by atoms with Gasteiger partial charge in [0.15, 0.2) is 0 Å². The van der Waals surface area contributed by atoms with Gasteiger partial charge in [0.1, 0.15) is 6.04 Å². The normalized spacial score (nSPS) is 11.9. The zero-order valence-corrected chi connectivity index (χ0v) is 9.06. The Hall–Kier alpha value is -1.30. The third-order valence-electron chi connectivity index (χ3n) is 2.04. The van der Waals surface area contributed by atoms with E-state index in [-0.39, 0.29) is 13.2 Å². The van der Waals surface area contributed by atoms with Crippen molar-refractivity contribution in [2.45, 2.75) is 26.3 Å². The quantitative estimate of drug-likeness (QED) is 0.579. The van der Waals surface area contributed by atoms with Crippen LogP contribution in [0.3, 0.4) is 0 Å². The summed E-state index contributed by atoms with van der Waals surface area (Å²) >= 11 is 0. The van der Waals surface area contributed by atoms with Crippen LogP contribution >= 0.6 is 0 Å². The van der Waals surface area contributed by atoms with E-state index in [1.54, 1.807) is 13.8 Å². The molecule has 88 valence electrons. The summed E-state index contributed by atoms with van der Waals surface area (Å²) in [5.74, 6) is -1.05. The van der Waals surface area contributed by atoms with Gasteiger partial charge in [-0.15, -0.1) is 0 Å². The Labute approximate surface area is 88.9 Å². The number of amides is 2. The lowest BCUT2D eigenvalue weighted by molar-refractivity contribution is -0.139. The highest BCUT2D eigenvalue weighted by Crippen LogP contribution is 1.95. The topological polar surface area (TPSA) is 89.9 Å². The first-order valence-electron chi connectivity index (χ1n) is 4.95.